The second-order valence-electron chi connectivity index (χ2n) is 3.08. The molecule has 0 aromatic carbocycles. The zero-order chi connectivity index (χ0) is 10.0. The molecule has 1 rings (SSSR count). The Morgan fingerprint density at radius 3 is 2.62 bits per heavy atom. The average Bonchev–Trinajstić information content (AvgIpc) is 2.45. The number of hydrogen-bond acceptors (Lipinski definition) is 3. The molecule has 1 saturated heterocycles. The third kappa shape index (κ3) is 1.80. The van der Waals surface area contributed by atoms with Crippen LogP contribution in [0.1, 0.15) is 19.8 Å². The number of likely N-dealkylation sites (tertiary alicyclic amines) is 1. The lowest BCUT2D eigenvalue weighted by molar-refractivity contribution is -0.150. The van der Waals surface area contributed by atoms with E-state index in [1.807, 2.05) is 0 Å². The fourth-order valence-corrected chi connectivity index (χ4v) is 1.56. The van der Waals surface area contributed by atoms with E-state index in [4.69, 9.17) is 5.11 Å². The van der Waals surface area contributed by atoms with Crippen LogP contribution in [0.15, 0.2) is 0 Å². The van der Waals surface area contributed by atoms with Gasteiger partial charge in [-0.05, 0) is 6.42 Å². The number of aliphatic carboxylic acids is 1. The maximum absolute atomic E-state index is 11.2. The molecule has 1 aliphatic heterocycles. The first-order valence-corrected chi connectivity index (χ1v) is 4.28. The summed E-state index contributed by atoms with van der Waals surface area (Å²) in [4.78, 5) is 23.1. The van der Waals surface area contributed by atoms with Crippen molar-refractivity contribution in [2.45, 2.75) is 31.9 Å². The molecule has 0 unspecified atom stereocenters. The van der Waals surface area contributed by atoms with Gasteiger partial charge in [-0.2, -0.15) is 0 Å². The number of amides is 1. The van der Waals surface area contributed by atoms with Gasteiger partial charge in [0.2, 0.25) is 5.91 Å². The van der Waals surface area contributed by atoms with E-state index in [0.29, 0.717) is 13.0 Å². The van der Waals surface area contributed by atoms with Crippen LogP contribution in [-0.2, 0) is 9.59 Å². The topological polar surface area (TPSA) is 77.8 Å². The molecule has 0 aromatic rings. The van der Waals surface area contributed by atoms with Crippen LogP contribution < -0.4 is 0 Å². The molecule has 0 saturated carbocycles. The smallest absolute Gasteiger partial charge is 0.329 e. The molecule has 1 fully saturated rings. The van der Waals surface area contributed by atoms with Crippen LogP contribution in [0.5, 0.6) is 0 Å². The van der Waals surface area contributed by atoms with Gasteiger partial charge >= 0.3 is 5.97 Å². The Balaban J connectivity index is 2.75. The maximum Gasteiger partial charge on any atom is 0.329 e. The van der Waals surface area contributed by atoms with E-state index in [9.17, 15) is 14.7 Å². The molecule has 2 N–H and O–H groups in total. The first kappa shape index (κ1) is 9.98. The molecule has 13 heavy (non-hydrogen) atoms. The number of carbonyl (C=O) groups excluding carboxylic acids is 1. The molecule has 74 valence electrons. The minimum Gasteiger partial charge on any atom is -0.480 e. The Labute approximate surface area is 76.0 Å². The van der Waals surface area contributed by atoms with Crippen molar-refractivity contribution < 1.29 is 19.8 Å². The SMILES string of the molecule is CCC(=O)N1CC[C@@H](O)[C@H]1C(=O)O. The van der Waals surface area contributed by atoms with E-state index in [0.717, 1.165) is 0 Å². The zero-order valence-corrected chi connectivity index (χ0v) is 7.43. The van der Waals surface area contributed by atoms with Gasteiger partial charge in [0, 0.05) is 13.0 Å². The van der Waals surface area contributed by atoms with Gasteiger partial charge < -0.3 is 15.1 Å². The normalized spacial score (nSPS) is 27.7. The van der Waals surface area contributed by atoms with Crippen LogP contribution in [0.3, 0.4) is 0 Å². The Morgan fingerprint density at radius 2 is 2.15 bits per heavy atom. The number of aliphatic hydroxyl groups is 1. The van der Waals surface area contributed by atoms with Gasteiger partial charge in [0.05, 0.1) is 6.10 Å². The van der Waals surface area contributed by atoms with E-state index in [1.165, 1.54) is 4.90 Å². The van der Waals surface area contributed by atoms with Crippen molar-refractivity contribution in [3.8, 4) is 0 Å². The van der Waals surface area contributed by atoms with Gasteiger partial charge in [-0.25, -0.2) is 4.79 Å². The number of hydrogen-bond donors (Lipinski definition) is 2. The van der Waals surface area contributed by atoms with Crippen LogP contribution in [-0.4, -0.2) is 45.7 Å². The summed E-state index contributed by atoms with van der Waals surface area (Å²) in [5, 5.41) is 18.0. The minimum absolute atomic E-state index is 0.219. The van der Waals surface area contributed by atoms with E-state index in [-0.39, 0.29) is 12.3 Å². The van der Waals surface area contributed by atoms with Gasteiger partial charge in [-0.1, -0.05) is 6.92 Å². The van der Waals surface area contributed by atoms with Crippen LogP contribution in [0.2, 0.25) is 0 Å². The highest BCUT2D eigenvalue weighted by Crippen LogP contribution is 2.18. The molecule has 1 amide bonds. The fourth-order valence-electron chi connectivity index (χ4n) is 1.56. The molecule has 0 radical (unpaired) electrons. The molecule has 5 heteroatoms. The van der Waals surface area contributed by atoms with Crippen molar-refractivity contribution in [3.05, 3.63) is 0 Å². The van der Waals surface area contributed by atoms with Crippen LogP contribution in [0.4, 0.5) is 0 Å². The maximum atomic E-state index is 11.2. The summed E-state index contributed by atoms with van der Waals surface area (Å²) < 4.78 is 0. The minimum atomic E-state index is -1.13. The summed E-state index contributed by atoms with van der Waals surface area (Å²) in [6.07, 6.45) is -0.299. The fraction of sp³-hybridized carbons (Fsp3) is 0.750. The van der Waals surface area contributed by atoms with Crippen LogP contribution >= 0.6 is 0 Å². The molecular weight excluding hydrogens is 174 g/mol. The first-order chi connectivity index (χ1) is 6.07. The Bertz CT molecular complexity index is 228. The molecule has 2 atom stereocenters. The van der Waals surface area contributed by atoms with Crippen molar-refractivity contribution in [1.82, 2.24) is 4.90 Å². The highest BCUT2D eigenvalue weighted by Gasteiger charge is 2.40. The Kier molecular flexibility index (Phi) is 2.87. The quantitative estimate of drug-likeness (QED) is 0.607. The van der Waals surface area contributed by atoms with E-state index in [2.05, 4.69) is 0 Å². The summed E-state index contributed by atoms with van der Waals surface area (Å²) >= 11 is 0. The predicted octanol–water partition coefficient (Wildman–Crippen LogP) is -0.557. The van der Waals surface area contributed by atoms with Gasteiger partial charge in [-0.15, -0.1) is 0 Å². The summed E-state index contributed by atoms with van der Waals surface area (Å²) in [5.74, 6) is -1.35. The van der Waals surface area contributed by atoms with E-state index < -0.39 is 18.1 Å². The zero-order valence-electron chi connectivity index (χ0n) is 7.43. The number of carbonyl (C=O) groups is 2. The van der Waals surface area contributed by atoms with Crippen molar-refractivity contribution in [2.75, 3.05) is 6.54 Å². The second kappa shape index (κ2) is 3.74. The molecule has 0 aliphatic carbocycles. The lowest BCUT2D eigenvalue weighted by Gasteiger charge is -2.21. The summed E-state index contributed by atoms with van der Waals surface area (Å²) in [6.45, 7) is 2.01. The third-order valence-corrected chi connectivity index (χ3v) is 2.24. The van der Waals surface area contributed by atoms with Crippen molar-refractivity contribution in [2.24, 2.45) is 0 Å². The van der Waals surface area contributed by atoms with Gasteiger partial charge in [0.1, 0.15) is 0 Å². The summed E-state index contributed by atoms with van der Waals surface area (Å²) in [5.41, 5.74) is 0. The Morgan fingerprint density at radius 1 is 1.54 bits per heavy atom. The third-order valence-electron chi connectivity index (χ3n) is 2.24. The number of carboxylic acids is 1. The van der Waals surface area contributed by atoms with Crippen molar-refractivity contribution in [3.63, 3.8) is 0 Å². The highest BCUT2D eigenvalue weighted by atomic mass is 16.4. The van der Waals surface area contributed by atoms with E-state index in [1.54, 1.807) is 6.92 Å². The molecule has 5 nitrogen and oxygen atoms in total. The Hall–Kier alpha value is -1.10. The summed E-state index contributed by atoms with van der Waals surface area (Å²) in [6, 6.07) is -1.05. The second-order valence-corrected chi connectivity index (χ2v) is 3.08. The molecule has 0 aromatic heterocycles. The average molecular weight is 187 g/mol. The molecular formula is C8H13NO4. The molecule has 1 heterocycles. The van der Waals surface area contributed by atoms with Gasteiger partial charge in [0.25, 0.3) is 0 Å². The number of rotatable bonds is 2. The standard InChI is InChI=1S/C8H13NO4/c1-2-6(11)9-4-3-5(10)7(9)8(12)13/h5,7,10H,2-4H2,1H3,(H,12,13)/t5-,7+/m1/s1. The predicted molar refractivity (Wildman–Crippen MR) is 44.1 cm³/mol. The van der Waals surface area contributed by atoms with Crippen molar-refractivity contribution in [1.29, 1.82) is 0 Å². The largest absolute Gasteiger partial charge is 0.480 e. The molecule has 0 bridgehead atoms. The monoisotopic (exact) mass is 187 g/mol. The highest BCUT2D eigenvalue weighted by molar-refractivity contribution is 5.84. The number of carboxylic acid groups (broad SMARTS) is 1. The van der Waals surface area contributed by atoms with E-state index >= 15 is 0 Å². The van der Waals surface area contributed by atoms with Crippen LogP contribution in [0.25, 0.3) is 0 Å². The molecule has 0 spiro atoms. The van der Waals surface area contributed by atoms with Crippen molar-refractivity contribution >= 4 is 11.9 Å². The number of aliphatic hydroxyl groups excluding tert-OH is 1. The molecule has 1 aliphatic rings. The van der Waals surface area contributed by atoms with Gasteiger partial charge in [-0.3, -0.25) is 4.79 Å². The lowest BCUT2D eigenvalue weighted by Crippen LogP contribution is -2.44. The van der Waals surface area contributed by atoms with Gasteiger partial charge in [0.15, 0.2) is 6.04 Å². The number of nitrogens with zero attached hydrogens (tertiary/aromatic N) is 1. The first-order valence-electron chi connectivity index (χ1n) is 4.28. The lowest BCUT2D eigenvalue weighted by atomic mass is 10.2. The summed E-state index contributed by atoms with van der Waals surface area (Å²) in [7, 11) is 0. The van der Waals surface area contributed by atoms with Crippen LogP contribution in [0, 0.1) is 0 Å².